The van der Waals surface area contributed by atoms with Crippen LogP contribution in [0, 0.1) is 5.92 Å². The fourth-order valence-corrected chi connectivity index (χ4v) is 3.67. The van der Waals surface area contributed by atoms with E-state index in [1.54, 1.807) is 0 Å². The summed E-state index contributed by atoms with van der Waals surface area (Å²) in [7, 11) is 0. The highest BCUT2D eigenvalue weighted by Crippen LogP contribution is 2.25. The molecule has 1 saturated heterocycles. The van der Waals surface area contributed by atoms with E-state index in [-0.39, 0.29) is 23.7 Å². The van der Waals surface area contributed by atoms with E-state index in [2.05, 4.69) is 20.8 Å². The van der Waals surface area contributed by atoms with Gasteiger partial charge < -0.3 is 15.4 Å². The third-order valence-electron chi connectivity index (χ3n) is 3.12. The molecule has 0 spiro atoms. The first-order valence-electron chi connectivity index (χ1n) is 7.67. The van der Waals surface area contributed by atoms with Crippen LogP contribution in [0.4, 0.5) is 5.13 Å². The Morgan fingerprint density at radius 1 is 1.39 bits per heavy atom. The molecular formula is C14H22N4O3S2. The highest BCUT2D eigenvalue weighted by Gasteiger charge is 2.16. The van der Waals surface area contributed by atoms with E-state index in [1.807, 2.05) is 13.8 Å². The monoisotopic (exact) mass is 358 g/mol. The smallest absolute Gasteiger partial charge is 0.230 e. The summed E-state index contributed by atoms with van der Waals surface area (Å²) in [6.45, 7) is 5.31. The van der Waals surface area contributed by atoms with E-state index in [1.165, 1.54) is 23.1 Å². The number of rotatable bonds is 8. The molecule has 23 heavy (non-hydrogen) atoms. The Kier molecular flexibility index (Phi) is 7.25. The molecule has 0 radical (unpaired) electrons. The van der Waals surface area contributed by atoms with Crippen LogP contribution < -0.4 is 10.6 Å². The molecule has 0 aliphatic carbocycles. The number of carbonyl (C=O) groups is 2. The molecule has 1 atom stereocenters. The van der Waals surface area contributed by atoms with Crippen LogP contribution in [0.3, 0.4) is 0 Å². The largest absolute Gasteiger partial charge is 0.376 e. The van der Waals surface area contributed by atoms with E-state index in [0.717, 1.165) is 19.4 Å². The lowest BCUT2D eigenvalue weighted by Crippen LogP contribution is -2.32. The van der Waals surface area contributed by atoms with E-state index in [9.17, 15) is 9.59 Å². The number of thioether (sulfide) groups is 1. The first-order chi connectivity index (χ1) is 11.0. The van der Waals surface area contributed by atoms with Crippen LogP contribution in [0.1, 0.15) is 33.1 Å². The van der Waals surface area contributed by atoms with Gasteiger partial charge in [0.25, 0.3) is 0 Å². The van der Waals surface area contributed by atoms with Gasteiger partial charge in [0.2, 0.25) is 16.9 Å². The van der Waals surface area contributed by atoms with Gasteiger partial charge in [-0.1, -0.05) is 36.9 Å². The number of nitrogens with one attached hydrogen (secondary N) is 2. The Hall–Kier alpha value is -1.19. The Balaban J connectivity index is 1.67. The van der Waals surface area contributed by atoms with Crippen LogP contribution in [0.5, 0.6) is 0 Å². The van der Waals surface area contributed by atoms with Crippen LogP contribution in [-0.2, 0) is 14.3 Å². The first-order valence-corrected chi connectivity index (χ1v) is 9.47. The maximum absolute atomic E-state index is 11.8. The molecule has 1 fully saturated rings. The zero-order valence-electron chi connectivity index (χ0n) is 13.3. The second kappa shape index (κ2) is 9.19. The average Bonchev–Trinajstić information content (AvgIpc) is 3.13. The van der Waals surface area contributed by atoms with Gasteiger partial charge >= 0.3 is 0 Å². The molecule has 9 heteroatoms. The summed E-state index contributed by atoms with van der Waals surface area (Å²) in [5.41, 5.74) is 0. The lowest BCUT2D eigenvalue weighted by molar-refractivity contribution is -0.119. The predicted octanol–water partition coefficient (Wildman–Crippen LogP) is 1.91. The van der Waals surface area contributed by atoms with E-state index >= 15 is 0 Å². The van der Waals surface area contributed by atoms with E-state index in [0.29, 0.717) is 28.4 Å². The van der Waals surface area contributed by atoms with Crippen molar-refractivity contribution in [1.29, 1.82) is 0 Å². The van der Waals surface area contributed by atoms with Gasteiger partial charge in [0.15, 0.2) is 4.34 Å². The number of amides is 2. The molecule has 0 aromatic carbocycles. The van der Waals surface area contributed by atoms with Gasteiger partial charge in [-0.15, -0.1) is 10.2 Å². The van der Waals surface area contributed by atoms with Crippen molar-refractivity contribution in [2.45, 2.75) is 43.6 Å². The number of carbonyl (C=O) groups excluding carboxylic acids is 2. The summed E-state index contributed by atoms with van der Waals surface area (Å²) in [6.07, 6.45) is 2.66. The number of anilines is 1. The molecule has 128 valence electrons. The van der Waals surface area contributed by atoms with Crippen molar-refractivity contribution in [3.63, 3.8) is 0 Å². The Morgan fingerprint density at radius 2 is 2.22 bits per heavy atom. The van der Waals surface area contributed by atoms with Crippen molar-refractivity contribution in [3.05, 3.63) is 0 Å². The third-order valence-corrected chi connectivity index (χ3v) is 5.10. The first kappa shape index (κ1) is 18.2. The van der Waals surface area contributed by atoms with Crippen molar-refractivity contribution in [2.75, 3.05) is 24.2 Å². The highest BCUT2D eigenvalue weighted by atomic mass is 32.2. The fraction of sp³-hybridized carbons (Fsp3) is 0.714. The van der Waals surface area contributed by atoms with E-state index < -0.39 is 0 Å². The molecule has 2 heterocycles. The van der Waals surface area contributed by atoms with Crippen molar-refractivity contribution in [2.24, 2.45) is 5.92 Å². The highest BCUT2D eigenvalue weighted by molar-refractivity contribution is 8.01. The van der Waals surface area contributed by atoms with Gasteiger partial charge in [0.05, 0.1) is 11.9 Å². The minimum atomic E-state index is -0.0676. The summed E-state index contributed by atoms with van der Waals surface area (Å²) in [5.74, 6) is 0.457. The number of hydrogen-bond acceptors (Lipinski definition) is 7. The summed E-state index contributed by atoms with van der Waals surface area (Å²) < 4.78 is 6.12. The van der Waals surface area contributed by atoms with Gasteiger partial charge in [-0.3, -0.25) is 9.59 Å². The van der Waals surface area contributed by atoms with Crippen molar-refractivity contribution in [1.82, 2.24) is 15.5 Å². The fourth-order valence-electron chi connectivity index (χ4n) is 2.07. The SMILES string of the molecule is CC(C)CC(=O)Nc1nnc(SCC(=O)NC[C@H]2CCCO2)s1. The number of ether oxygens (including phenoxy) is 1. The molecule has 0 bridgehead atoms. The Labute approximate surface area is 144 Å². The van der Waals surface area contributed by atoms with Crippen LogP contribution in [0.25, 0.3) is 0 Å². The second-order valence-electron chi connectivity index (χ2n) is 5.75. The quantitative estimate of drug-likeness (QED) is 0.545. The molecule has 1 aliphatic heterocycles. The Morgan fingerprint density at radius 3 is 2.91 bits per heavy atom. The van der Waals surface area contributed by atoms with Gasteiger partial charge in [-0.05, 0) is 18.8 Å². The molecule has 2 amide bonds. The van der Waals surface area contributed by atoms with E-state index in [4.69, 9.17) is 4.74 Å². The number of hydrogen-bond donors (Lipinski definition) is 2. The summed E-state index contributed by atoms with van der Waals surface area (Å²) in [5, 5.41) is 13.9. The van der Waals surface area contributed by atoms with Gasteiger partial charge in [-0.2, -0.15) is 0 Å². The molecule has 0 saturated carbocycles. The number of nitrogens with zero attached hydrogens (tertiary/aromatic N) is 2. The van der Waals surface area contributed by atoms with Gasteiger partial charge in [-0.25, -0.2) is 0 Å². The normalized spacial score (nSPS) is 17.4. The van der Waals surface area contributed by atoms with Crippen LogP contribution >= 0.6 is 23.1 Å². The molecule has 0 unspecified atom stereocenters. The number of aromatic nitrogens is 2. The van der Waals surface area contributed by atoms with Crippen LogP contribution in [0.2, 0.25) is 0 Å². The van der Waals surface area contributed by atoms with Crippen molar-refractivity contribution in [3.8, 4) is 0 Å². The van der Waals surface area contributed by atoms with Crippen molar-refractivity contribution < 1.29 is 14.3 Å². The molecule has 2 rings (SSSR count). The molecule has 1 aromatic heterocycles. The molecule has 1 aliphatic rings. The maximum Gasteiger partial charge on any atom is 0.230 e. The van der Waals surface area contributed by atoms with Gasteiger partial charge in [0.1, 0.15) is 0 Å². The zero-order chi connectivity index (χ0) is 16.7. The molecule has 1 aromatic rings. The predicted molar refractivity (Wildman–Crippen MR) is 90.7 cm³/mol. The molecule has 7 nitrogen and oxygen atoms in total. The molecular weight excluding hydrogens is 336 g/mol. The zero-order valence-corrected chi connectivity index (χ0v) is 15.0. The minimum Gasteiger partial charge on any atom is -0.376 e. The summed E-state index contributed by atoms with van der Waals surface area (Å²) in [6, 6.07) is 0. The maximum atomic E-state index is 11.8. The van der Waals surface area contributed by atoms with Crippen molar-refractivity contribution >= 4 is 40.0 Å². The molecule has 2 N–H and O–H groups in total. The lowest BCUT2D eigenvalue weighted by Gasteiger charge is -2.09. The Bertz CT molecular complexity index is 530. The summed E-state index contributed by atoms with van der Waals surface area (Å²) in [4.78, 5) is 23.4. The third kappa shape index (κ3) is 6.84. The van der Waals surface area contributed by atoms with Crippen LogP contribution in [0.15, 0.2) is 4.34 Å². The topological polar surface area (TPSA) is 93.2 Å². The standard InChI is InChI=1S/C14H22N4O3S2/c1-9(2)6-11(19)16-13-17-18-14(23-13)22-8-12(20)15-7-10-4-3-5-21-10/h9-10H,3-8H2,1-2H3,(H,15,20)(H,16,17,19)/t10-/m1/s1. The van der Waals surface area contributed by atoms with Gasteiger partial charge in [0, 0.05) is 19.6 Å². The lowest BCUT2D eigenvalue weighted by atomic mass is 10.1. The minimum absolute atomic E-state index is 0.0499. The second-order valence-corrected chi connectivity index (χ2v) is 7.95. The van der Waals surface area contributed by atoms with Crippen LogP contribution in [-0.4, -0.2) is 47.0 Å². The summed E-state index contributed by atoms with van der Waals surface area (Å²) >= 11 is 2.59. The average molecular weight is 358 g/mol.